The molecule has 0 amide bonds. The van der Waals surface area contributed by atoms with E-state index in [4.69, 9.17) is 0 Å². The van der Waals surface area contributed by atoms with Crippen molar-refractivity contribution in [1.29, 1.82) is 0 Å². The van der Waals surface area contributed by atoms with Crippen LogP contribution in [0.3, 0.4) is 0 Å². The third-order valence-corrected chi connectivity index (χ3v) is 9.97. The van der Waals surface area contributed by atoms with Crippen molar-refractivity contribution in [2.24, 2.45) is 0 Å². The van der Waals surface area contributed by atoms with Crippen LogP contribution in [0.5, 0.6) is 0 Å². The Morgan fingerprint density at radius 3 is 1.58 bits per heavy atom. The zero-order valence-corrected chi connectivity index (χ0v) is 24.2. The summed E-state index contributed by atoms with van der Waals surface area (Å²) in [6.07, 6.45) is 0. The van der Waals surface area contributed by atoms with Gasteiger partial charge in [0.1, 0.15) is 0 Å². The minimum absolute atomic E-state index is 1.23. The highest BCUT2D eigenvalue weighted by molar-refractivity contribution is 7.99. The summed E-state index contributed by atoms with van der Waals surface area (Å²) in [5.41, 5.74) is 10.2. The molecule has 1 heterocycles. The molecule has 0 bridgehead atoms. The molecule has 0 fully saturated rings. The lowest BCUT2D eigenvalue weighted by atomic mass is 9.84. The molecule has 0 spiro atoms. The van der Waals surface area contributed by atoms with Crippen LogP contribution in [0.15, 0.2) is 168 Å². The molecule has 1 heteroatoms. The van der Waals surface area contributed by atoms with E-state index < -0.39 is 0 Å². The molecule has 8 aromatic rings. The molecule has 200 valence electrons. The van der Waals surface area contributed by atoms with Crippen molar-refractivity contribution in [3.8, 4) is 44.5 Å². The molecule has 0 saturated carbocycles. The van der Waals surface area contributed by atoms with Gasteiger partial charge in [0.15, 0.2) is 0 Å². The Balaban J connectivity index is 1.31. The molecule has 0 saturated heterocycles. The van der Waals surface area contributed by atoms with Crippen LogP contribution in [0.25, 0.3) is 76.8 Å². The van der Waals surface area contributed by atoms with Crippen LogP contribution in [0.2, 0.25) is 0 Å². The van der Waals surface area contributed by atoms with E-state index in [1.165, 1.54) is 86.6 Å². The normalized spacial score (nSPS) is 12.1. The Kier molecular flexibility index (Phi) is 5.54. The van der Waals surface area contributed by atoms with Gasteiger partial charge in [0.05, 0.1) is 0 Å². The Labute approximate surface area is 255 Å². The first-order valence-electron chi connectivity index (χ1n) is 14.8. The Morgan fingerprint density at radius 2 is 0.884 bits per heavy atom. The number of hydrogen-bond acceptors (Lipinski definition) is 1. The van der Waals surface area contributed by atoms with E-state index in [1.54, 1.807) is 0 Å². The average molecular weight is 563 g/mol. The zero-order valence-electron chi connectivity index (χ0n) is 23.4. The first-order valence-corrected chi connectivity index (χ1v) is 15.6. The molecule has 0 radical (unpaired) electrons. The summed E-state index contributed by atoms with van der Waals surface area (Å²) < 4.78 is 0. The largest absolute Gasteiger partial charge is 0.0888 e. The van der Waals surface area contributed by atoms with E-state index in [9.17, 15) is 0 Å². The monoisotopic (exact) mass is 562 g/mol. The molecule has 43 heavy (non-hydrogen) atoms. The van der Waals surface area contributed by atoms with Crippen LogP contribution in [-0.4, -0.2) is 0 Å². The SMILES string of the molecule is c1ccc(-c2cccc(-c3c4ccccc4c(-c4ccc5c(c4)-c4cccc6cccc(c46)S5)c4ccccc34)c2)cc1. The topological polar surface area (TPSA) is 0 Å². The van der Waals surface area contributed by atoms with Crippen LogP contribution in [0.1, 0.15) is 0 Å². The van der Waals surface area contributed by atoms with Gasteiger partial charge in [-0.05, 0) is 95.7 Å². The standard InChI is InChI=1S/C42H26S/c1-2-11-27(12-3-1)29-15-8-16-30(25-29)40-32-17-4-6-19-34(32)41(35-20-7-5-18-33(35)40)31-23-24-38-37(26-31)36-21-9-13-28-14-10-22-39(43-38)42(28)36/h1-26H. The first-order chi connectivity index (χ1) is 21.3. The Bertz CT molecular complexity index is 2300. The predicted molar refractivity (Wildman–Crippen MR) is 185 cm³/mol. The van der Waals surface area contributed by atoms with E-state index in [1.807, 2.05) is 11.8 Å². The maximum absolute atomic E-state index is 2.43. The molecule has 0 atom stereocenters. The summed E-state index contributed by atoms with van der Waals surface area (Å²) in [5, 5.41) is 7.79. The highest BCUT2D eigenvalue weighted by Gasteiger charge is 2.22. The lowest BCUT2D eigenvalue weighted by Gasteiger charge is -2.22. The molecule has 0 aromatic heterocycles. The Morgan fingerprint density at radius 1 is 0.326 bits per heavy atom. The van der Waals surface area contributed by atoms with Crippen molar-refractivity contribution in [2.45, 2.75) is 9.79 Å². The van der Waals surface area contributed by atoms with E-state index in [0.717, 1.165) is 0 Å². The maximum atomic E-state index is 2.43. The van der Waals surface area contributed by atoms with Crippen molar-refractivity contribution in [1.82, 2.24) is 0 Å². The van der Waals surface area contributed by atoms with Crippen LogP contribution in [-0.2, 0) is 0 Å². The third kappa shape index (κ3) is 3.86. The van der Waals surface area contributed by atoms with E-state index in [-0.39, 0.29) is 0 Å². The zero-order chi connectivity index (χ0) is 28.3. The first kappa shape index (κ1) is 24.5. The second-order valence-electron chi connectivity index (χ2n) is 11.3. The van der Waals surface area contributed by atoms with Gasteiger partial charge in [-0.3, -0.25) is 0 Å². The van der Waals surface area contributed by atoms with E-state index in [2.05, 4.69) is 158 Å². The molecule has 0 nitrogen and oxygen atoms in total. The van der Waals surface area contributed by atoms with Gasteiger partial charge in [0.2, 0.25) is 0 Å². The number of fused-ring (bicyclic) bond motifs is 4. The minimum Gasteiger partial charge on any atom is -0.0888 e. The number of rotatable bonds is 3. The van der Waals surface area contributed by atoms with Crippen molar-refractivity contribution in [3.63, 3.8) is 0 Å². The van der Waals surface area contributed by atoms with Crippen LogP contribution in [0.4, 0.5) is 0 Å². The number of benzene rings is 8. The van der Waals surface area contributed by atoms with Crippen molar-refractivity contribution in [3.05, 3.63) is 158 Å². The number of hydrogen-bond donors (Lipinski definition) is 0. The highest BCUT2D eigenvalue weighted by Crippen LogP contribution is 2.50. The lowest BCUT2D eigenvalue weighted by molar-refractivity contribution is 1.40. The molecule has 8 aromatic carbocycles. The molecular weight excluding hydrogens is 537 g/mol. The van der Waals surface area contributed by atoms with Crippen LogP contribution in [0, 0.1) is 0 Å². The average Bonchev–Trinajstić information content (AvgIpc) is 3.08. The fraction of sp³-hybridized carbons (Fsp3) is 0. The van der Waals surface area contributed by atoms with Crippen LogP contribution < -0.4 is 0 Å². The van der Waals surface area contributed by atoms with Gasteiger partial charge in [-0.25, -0.2) is 0 Å². The minimum atomic E-state index is 1.23. The van der Waals surface area contributed by atoms with Gasteiger partial charge in [-0.15, -0.1) is 0 Å². The van der Waals surface area contributed by atoms with Crippen LogP contribution >= 0.6 is 11.8 Å². The van der Waals surface area contributed by atoms with Gasteiger partial charge in [-0.1, -0.05) is 145 Å². The summed E-state index contributed by atoms with van der Waals surface area (Å²) in [7, 11) is 0. The van der Waals surface area contributed by atoms with Gasteiger partial charge >= 0.3 is 0 Å². The second kappa shape index (κ2) is 9.73. The summed E-state index contributed by atoms with van der Waals surface area (Å²) >= 11 is 1.89. The molecule has 1 aliphatic heterocycles. The van der Waals surface area contributed by atoms with Crippen molar-refractivity contribution >= 4 is 44.1 Å². The van der Waals surface area contributed by atoms with Gasteiger partial charge in [0, 0.05) is 15.2 Å². The summed E-state index contributed by atoms with van der Waals surface area (Å²) in [6.45, 7) is 0. The van der Waals surface area contributed by atoms with Gasteiger partial charge in [-0.2, -0.15) is 0 Å². The quantitative estimate of drug-likeness (QED) is 0.193. The molecule has 1 aliphatic rings. The highest BCUT2D eigenvalue weighted by atomic mass is 32.2. The third-order valence-electron chi connectivity index (χ3n) is 8.83. The molecule has 0 aliphatic carbocycles. The summed E-state index contributed by atoms with van der Waals surface area (Å²) in [4.78, 5) is 2.66. The van der Waals surface area contributed by atoms with Gasteiger partial charge in [0.25, 0.3) is 0 Å². The Hall–Kier alpha value is -5.11. The summed E-state index contributed by atoms with van der Waals surface area (Å²) in [6, 6.07) is 58.0. The molecule has 0 unspecified atom stereocenters. The van der Waals surface area contributed by atoms with Crippen molar-refractivity contribution in [2.75, 3.05) is 0 Å². The second-order valence-corrected chi connectivity index (χ2v) is 12.3. The molecule has 9 rings (SSSR count). The fourth-order valence-electron chi connectivity index (χ4n) is 6.95. The fourth-order valence-corrected chi connectivity index (χ4v) is 8.08. The van der Waals surface area contributed by atoms with Crippen molar-refractivity contribution < 1.29 is 0 Å². The molecule has 0 N–H and O–H groups in total. The summed E-state index contributed by atoms with van der Waals surface area (Å²) in [5.74, 6) is 0. The maximum Gasteiger partial charge on any atom is 0.0207 e. The van der Waals surface area contributed by atoms with E-state index >= 15 is 0 Å². The van der Waals surface area contributed by atoms with Gasteiger partial charge < -0.3 is 0 Å². The van der Waals surface area contributed by atoms with E-state index in [0.29, 0.717) is 0 Å². The smallest absolute Gasteiger partial charge is 0.0207 e. The lowest BCUT2D eigenvalue weighted by Crippen LogP contribution is -1.95. The predicted octanol–water partition coefficient (Wildman–Crippen LogP) is 12.3. The molecular formula is C42H26S.